The first-order valence-corrected chi connectivity index (χ1v) is 15.7. The van der Waals surface area contributed by atoms with Gasteiger partial charge >= 0.3 is 0 Å². The van der Waals surface area contributed by atoms with E-state index in [1.165, 1.54) is 0 Å². The van der Waals surface area contributed by atoms with Gasteiger partial charge in [-0.25, -0.2) is 0 Å². The van der Waals surface area contributed by atoms with E-state index in [1.54, 1.807) is 7.11 Å². The zero-order chi connectivity index (χ0) is 31.1. The van der Waals surface area contributed by atoms with Crippen LogP contribution < -0.4 is 9.47 Å². The molecule has 7 heteroatoms. The monoisotopic (exact) mass is 605 g/mol. The van der Waals surface area contributed by atoms with Gasteiger partial charge in [-0.3, -0.25) is 9.59 Å². The van der Waals surface area contributed by atoms with E-state index in [9.17, 15) is 9.59 Å². The molecule has 0 radical (unpaired) electrons. The highest BCUT2D eigenvalue weighted by molar-refractivity contribution is 6.32. The van der Waals surface area contributed by atoms with Gasteiger partial charge < -0.3 is 19.1 Å². The number of hydrogen-bond donors (Lipinski definition) is 0. The summed E-state index contributed by atoms with van der Waals surface area (Å²) in [5, 5.41) is 0.395. The number of allylic oxidation sites excluding steroid dienone is 4. The summed E-state index contributed by atoms with van der Waals surface area (Å²) in [6.07, 6.45) is 2.33. The number of ether oxygens (including phenoxy) is 3. The van der Waals surface area contributed by atoms with Gasteiger partial charge in [-0.15, -0.1) is 0 Å². The lowest BCUT2D eigenvalue weighted by molar-refractivity contribution is -0.119. The minimum Gasteiger partial charge on any atom is -0.490 e. The lowest BCUT2D eigenvalue weighted by Crippen LogP contribution is -2.45. The van der Waals surface area contributed by atoms with Gasteiger partial charge in [0.25, 0.3) is 0 Å². The number of carbonyl (C=O) groups is 2. The normalized spacial score (nSPS) is 19.9. The van der Waals surface area contributed by atoms with Crippen molar-refractivity contribution >= 4 is 23.2 Å². The van der Waals surface area contributed by atoms with Crippen molar-refractivity contribution in [3.05, 3.63) is 80.7 Å². The molecule has 0 saturated heterocycles. The number of hydrogen-bond acceptors (Lipinski definition) is 6. The number of aryl methyl sites for hydroxylation is 1. The number of rotatable bonds is 9. The Morgan fingerprint density at radius 2 is 1.53 bits per heavy atom. The largest absolute Gasteiger partial charge is 0.490 e. The third-order valence-corrected chi connectivity index (χ3v) is 8.95. The zero-order valence-corrected chi connectivity index (χ0v) is 27.3. The summed E-state index contributed by atoms with van der Waals surface area (Å²) >= 11 is 6.96. The molecular formula is C36H44ClNO5. The van der Waals surface area contributed by atoms with Gasteiger partial charge in [0.2, 0.25) is 0 Å². The lowest BCUT2D eigenvalue weighted by atomic mass is 9.63. The molecule has 3 aliphatic rings. The Kier molecular flexibility index (Phi) is 8.84. The molecule has 0 unspecified atom stereocenters. The molecule has 0 fully saturated rings. The SMILES string of the molecule is CCOc1cc(C2C3=C(CC(C)(C)CC3=O)N(CCOC)C3=C2C(=O)CC(C)(C)C3)cc(Cl)c1OCc1cccc(C)c1. The number of ketones is 2. The third-order valence-electron chi connectivity index (χ3n) is 8.67. The van der Waals surface area contributed by atoms with Crippen molar-refractivity contribution < 1.29 is 23.8 Å². The van der Waals surface area contributed by atoms with E-state index in [-0.39, 0.29) is 22.4 Å². The quantitative estimate of drug-likeness (QED) is 0.289. The second-order valence-corrected chi connectivity index (χ2v) is 14.1. The maximum absolute atomic E-state index is 14.1. The second-order valence-electron chi connectivity index (χ2n) is 13.7. The van der Waals surface area contributed by atoms with E-state index in [1.807, 2.05) is 44.2 Å². The van der Waals surface area contributed by atoms with E-state index in [0.717, 1.165) is 40.9 Å². The highest BCUT2D eigenvalue weighted by Gasteiger charge is 2.49. The average molecular weight is 606 g/mol. The zero-order valence-electron chi connectivity index (χ0n) is 26.6. The van der Waals surface area contributed by atoms with Crippen LogP contribution in [0.3, 0.4) is 0 Å². The Bertz CT molecular complexity index is 1450. The van der Waals surface area contributed by atoms with Gasteiger partial charge in [-0.05, 0) is 60.8 Å². The molecule has 0 saturated carbocycles. The molecule has 230 valence electrons. The Hall–Kier alpha value is -3.09. The topological polar surface area (TPSA) is 65.1 Å². The summed E-state index contributed by atoms with van der Waals surface area (Å²) in [6, 6.07) is 11.9. The Morgan fingerprint density at radius 1 is 0.907 bits per heavy atom. The first-order valence-electron chi connectivity index (χ1n) is 15.3. The molecule has 2 aromatic rings. The van der Waals surface area contributed by atoms with Crippen molar-refractivity contribution in [2.24, 2.45) is 10.8 Å². The van der Waals surface area contributed by atoms with Crippen LogP contribution in [0, 0.1) is 17.8 Å². The van der Waals surface area contributed by atoms with Gasteiger partial charge in [0.15, 0.2) is 23.1 Å². The van der Waals surface area contributed by atoms with Crippen molar-refractivity contribution in [2.75, 3.05) is 26.9 Å². The van der Waals surface area contributed by atoms with Gasteiger partial charge in [0, 0.05) is 55.0 Å². The summed E-state index contributed by atoms with van der Waals surface area (Å²) in [5.74, 6) is 0.616. The summed E-state index contributed by atoms with van der Waals surface area (Å²) in [6.45, 7) is 14.4. The van der Waals surface area contributed by atoms with Crippen LogP contribution in [0.15, 0.2) is 58.9 Å². The number of nitrogens with zero attached hydrogens (tertiary/aromatic N) is 1. The predicted octanol–water partition coefficient (Wildman–Crippen LogP) is 7.96. The number of carbonyl (C=O) groups excluding carboxylic acids is 2. The maximum atomic E-state index is 14.1. The molecule has 2 aromatic carbocycles. The molecule has 1 aliphatic heterocycles. The molecule has 0 amide bonds. The molecule has 2 aliphatic carbocycles. The summed E-state index contributed by atoms with van der Waals surface area (Å²) in [7, 11) is 1.68. The number of methoxy groups -OCH3 is 1. The minimum absolute atomic E-state index is 0.0803. The molecule has 0 bridgehead atoms. The van der Waals surface area contributed by atoms with Crippen molar-refractivity contribution in [3.8, 4) is 11.5 Å². The molecule has 1 heterocycles. The lowest BCUT2D eigenvalue weighted by Gasteiger charge is -2.49. The molecule has 43 heavy (non-hydrogen) atoms. The number of halogens is 1. The fourth-order valence-electron chi connectivity index (χ4n) is 6.95. The van der Waals surface area contributed by atoms with E-state index in [0.29, 0.717) is 66.9 Å². The third kappa shape index (κ3) is 6.41. The van der Waals surface area contributed by atoms with Crippen LogP contribution >= 0.6 is 11.6 Å². The van der Waals surface area contributed by atoms with E-state index in [2.05, 4.69) is 38.7 Å². The number of Topliss-reactive ketones (excluding diaryl/α,β-unsaturated/α-hetero) is 2. The smallest absolute Gasteiger partial charge is 0.180 e. The molecule has 0 spiro atoms. The minimum atomic E-state index is -0.515. The van der Waals surface area contributed by atoms with Crippen LogP contribution in [-0.4, -0.2) is 43.3 Å². The van der Waals surface area contributed by atoms with Crippen molar-refractivity contribution in [1.82, 2.24) is 4.90 Å². The molecular weight excluding hydrogens is 562 g/mol. The summed E-state index contributed by atoms with van der Waals surface area (Å²) in [4.78, 5) is 30.4. The van der Waals surface area contributed by atoms with Gasteiger partial charge in [0.05, 0.1) is 18.2 Å². The van der Waals surface area contributed by atoms with Crippen molar-refractivity contribution in [1.29, 1.82) is 0 Å². The Labute approximate surface area is 261 Å². The molecule has 6 nitrogen and oxygen atoms in total. The van der Waals surface area contributed by atoms with Crippen LogP contribution in [0.2, 0.25) is 5.02 Å². The van der Waals surface area contributed by atoms with Crippen molar-refractivity contribution in [3.63, 3.8) is 0 Å². The predicted molar refractivity (Wildman–Crippen MR) is 170 cm³/mol. The Morgan fingerprint density at radius 3 is 2.09 bits per heavy atom. The van der Waals surface area contributed by atoms with Gasteiger partial charge in [-0.1, -0.05) is 69.1 Å². The van der Waals surface area contributed by atoms with E-state index in [4.69, 9.17) is 25.8 Å². The van der Waals surface area contributed by atoms with Crippen molar-refractivity contribution in [2.45, 2.75) is 79.8 Å². The first kappa shape index (κ1) is 31.3. The van der Waals surface area contributed by atoms with Crippen LogP contribution in [0.5, 0.6) is 11.5 Å². The summed E-state index contributed by atoms with van der Waals surface area (Å²) in [5.41, 5.74) is 5.98. The molecule has 0 aromatic heterocycles. The van der Waals surface area contributed by atoms with Crippen LogP contribution in [0.1, 0.15) is 82.9 Å². The van der Waals surface area contributed by atoms with Crippen LogP contribution in [0.25, 0.3) is 0 Å². The molecule has 5 rings (SSSR count). The standard InChI is InChI=1S/C36H44ClNO5/c1-8-42-30-16-24(15-25(37)34(30)43-21-23-11-9-10-22(2)14-23)31-32-26(17-35(3,4)19-28(32)39)38(12-13-41-7)27-18-36(5,6)20-29(40)33(27)31/h9-11,14-16,31H,8,12-13,17-21H2,1-7H3. The summed E-state index contributed by atoms with van der Waals surface area (Å²) < 4.78 is 17.8. The Balaban J connectivity index is 1.67. The highest BCUT2D eigenvalue weighted by Crippen LogP contribution is 2.55. The first-order chi connectivity index (χ1) is 20.3. The van der Waals surface area contributed by atoms with E-state index < -0.39 is 5.92 Å². The molecule has 0 atom stereocenters. The average Bonchev–Trinajstić information content (AvgIpc) is 2.90. The molecule has 0 N–H and O–H groups in total. The van der Waals surface area contributed by atoms with Crippen LogP contribution in [-0.2, 0) is 20.9 Å². The van der Waals surface area contributed by atoms with E-state index >= 15 is 0 Å². The fourth-order valence-corrected chi connectivity index (χ4v) is 7.22. The van der Waals surface area contributed by atoms with Crippen LogP contribution in [0.4, 0.5) is 0 Å². The number of benzene rings is 2. The second kappa shape index (κ2) is 12.1. The highest BCUT2D eigenvalue weighted by atomic mass is 35.5. The maximum Gasteiger partial charge on any atom is 0.180 e. The fraction of sp³-hybridized carbons (Fsp3) is 0.500. The van der Waals surface area contributed by atoms with Gasteiger partial charge in [-0.2, -0.15) is 0 Å². The van der Waals surface area contributed by atoms with Gasteiger partial charge in [0.1, 0.15) is 6.61 Å².